The van der Waals surface area contributed by atoms with E-state index in [2.05, 4.69) is 20.0 Å². The maximum absolute atomic E-state index is 12.6. The molecule has 30 heavy (non-hydrogen) atoms. The second kappa shape index (κ2) is 9.69. The smallest absolute Gasteiger partial charge is 0.422 e. The Labute approximate surface area is 172 Å². The van der Waals surface area contributed by atoms with Gasteiger partial charge in [-0.25, -0.2) is 9.97 Å². The number of nitrogens with one attached hydrogen (secondary N) is 1. The fourth-order valence-corrected chi connectivity index (χ4v) is 2.56. The predicted molar refractivity (Wildman–Crippen MR) is 104 cm³/mol. The molecule has 1 aromatic heterocycles. The molecule has 0 spiro atoms. The first-order chi connectivity index (χ1) is 13.9. The number of Topliss-reactive ketones (excluding diaryl/α,β-unsaturated/α-hetero) is 1. The number of carbonyl (C=O) groups is 2. The topological polar surface area (TPSA) is 81.2 Å². The molecule has 0 saturated carbocycles. The Morgan fingerprint density at radius 2 is 1.73 bits per heavy atom. The molecule has 0 fully saturated rings. The SMILES string of the molecule is Cc1cc(C(=O)NC(C)c2ccc(OCC(F)(F)F)cc2)nc(CC(=O)C(C)C)n1. The van der Waals surface area contributed by atoms with E-state index in [0.717, 1.165) is 0 Å². The summed E-state index contributed by atoms with van der Waals surface area (Å²) in [5.74, 6) is -0.246. The molecule has 1 atom stereocenters. The van der Waals surface area contributed by atoms with Gasteiger partial charge in [0.2, 0.25) is 0 Å². The van der Waals surface area contributed by atoms with E-state index in [9.17, 15) is 22.8 Å². The highest BCUT2D eigenvalue weighted by Crippen LogP contribution is 2.21. The fourth-order valence-electron chi connectivity index (χ4n) is 2.56. The summed E-state index contributed by atoms with van der Waals surface area (Å²) in [6.45, 7) is 5.65. The van der Waals surface area contributed by atoms with Gasteiger partial charge in [0.1, 0.15) is 23.1 Å². The minimum absolute atomic E-state index is 0.0202. The van der Waals surface area contributed by atoms with E-state index in [0.29, 0.717) is 11.3 Å². The monoisotopic (exact) mass is 423 g/mol. The first kappa shape index (κ1) is 23.3. The Morgan fingerprint density at radius 3 is 2.30 bits per heavy atom. The zero-order valence-electron chi connectivity index (χ0n) is 17.2. The molecule has 6 nitrogen and oxygen atoms in total. The number of carbonyl (C=O) groups excluding carboxylic acids is 2. The number of hydrogen-bond donors (Lipinski definition) is 1. The van der Waals surface area contributed by atoms with Crippen LogP contribution in [0.2, 0.25) is 0 Å². The minimum atomic E-state index is -4.41. The van der Waals surface area contributed by atoms with Gasteiger partial charge < -0.3 is 10.1 Å². The van der Waals surface area contributed by atoms with E-state index in [1.807, 2.05) is 0 Å². The summed E-state index contributed by atoms with van der Waals surface area (Å²) < 4.78 is 41.3. The number of halogens is 3. The van der Waals surface area contributed by atoms with Crippen molar-refractivity contribution in [2.75, 3.05) is 6.61 Å². The van der Waals surface area contributed by atoms with Crippen LogP contribution in [0.5, 0.6) is 5.75 Å². The second-order valence-electron chi connectivity index (χ2n) is 7.28. The molecule has 1 aromatic carbocycles. The van der Waals surface area contributed by atoms with E-state index in [-0.39, 0.29) is 35.4 Å². The molecule has 0 radical (unpaired) electrons. The first-order valence-corrected chi connectivity index (χ1v) is 9.42. The Balaban J connectivity index is 2.04. The molecule has 1 unspecified atom stereocenters. The highest BCUT2D eigenvalue weighted by molar-refractivity contribution is 5.92. The van der Waals surface area contributed by atoms with Crippen molar-refractivity contribution >= 4 is 11.7 Å². The molecule has 2 aromatic rings. The van der Waals surface area contributed by atoms with Crippen LogP contribution in [0, 0.1) is 12.8 Å². The van der Waals surface area contributed by atoms with Crippen LogP contribution in [0.25, 0.3) is 0 Å². The van der Waals surface area contributed by atoms with Crippen molar-refractivity contribution in [3.8, 4) is 5.75 Å². The van der Waals surface area contributed by atoms with E-state index in [1.165, 1.54) is 18.2 Å². The van der Waals surface area contributed by atoms with Gasteiger partial charge in [0.05, 0.1) is 12.5 Å². The van der Waals surface area contributed by atoms with Gasteiger partial charge in [0, 0.05) is 11.6 Å². The molecule has 0 aliphatic heterocycles. The normalized spacial score (nSPS) is 12.5. The molecule has 2 rings (SSSR count). The predicted octanol–water partition coefficient (Wildman–Crippen LogP) is 3.98. The number of aromatic nitrogens is 2. The number of nitrogens with zero attached hydrogens (tertiary/aromatic N) is 2. The van der Waals surface area contributed by atoms with Crippen LogP contribution in [0.1, 0.15) is 54.4 Å². The summed E-state index contributed by atoms with van der Waals surface area (Å²) in [4.78, 5) is 32.9. The lowest BCUT2D eigenvalue weighted by molar-refractivity contribution is -0.153. The van der Waals surface area contributed by atoms with Crippen molar-refractivity contribution in [1.29, 1.82) is 0 Å². The standard InChI is InChI=1S/C21H24F3N3O3/c1-12(2)18(28)10-19-25-13(3)9-17(27-19)20(29)26-14(4)15-5-7-16(8-6-15)30-11-21(22,23)24/h5-9,12,14H,10-11H2,1-4H3,(H,26,29). The van der Waals surface area contributed by atoms with Crippen molar-refractivity contribution in [2.45, 2.75) is 46.3 Å². The lowest BCUT2D eigenvalue weighted by Gasteiger charge is -2.15. The van der Waals surface area contributed by atoms with Crippen LogP contribution in [-0.2, 0) is 11.2 Å². The van der Waals surface area contributed by atoms with Gasteiger partial charge >= 0.3 is 6.18 Å². The van der Waals surface area contributed by atoms with Gasteiger partial charge in [0.15, 0.2) is 6.61 Å². The zero-order valence-corrected chi connectivity index (χ0v) is 17.2. The van der Waals surface area contributed by atoms with Gasteiger partial charge in [-0.2, -0.15) is 13.2 Å². The molecule has 0 bridgehead atoms. The van der Waals surface area contributed by atoms with Crippen LogP contribution in [0.4, 0.5) is 13.2 Å². The lowest BCUT2D eigenvalue weighted by atomic mass is 10.1. The van der Waals surface area contributed by atoms with Crippen molar-refractivity contribution < 1.29 is 27.5 Å². The molecule has 1 amide bonds. The third-order valence-corrected chi connectivity index (χ3v) is 4.24. The Morgan fingerprint density at radius 1 is 1.10 bits per heavy atom. The first-order valence-electron chi connectivity index (χ1n) is 9.42. The van der Waals surface area contributed by atoms with Gasteiger partial charge in [-0.15, -0.1) is 0 Å². The van der Waals surface area contributed by atoms with Gasteiger partial charge in [-0.3, -0.25) is 9.59 Å². The highest BCUT2D eigenvalue weighted by atomic mass is 19.4. The van der Waals surface area contributed by atoms with Crippen molar-refractivity contribution in [3.05, 3.63) is 53.1 Å². The number of hydrogen-bond acceptors (Lipinski definition) is 5. The van der Waals surface area contributed by atoms with E-state index in [1.54, 1.807) is 39.8 Å². The average Bonchev–Trinajstić information content (AvgIpc) is 2.65. The molecule has 1 heterocycles. The third kappa shape index (κ3) is 7.13. The molecule has 1 N–H and O–H groups in total. The Hall–Kier alpha value is -2.97. The maximum atomic E-state index is 12.6. The molecule has 0 aliphatic rings. The second-order valence-corrected chi connectivity index (χ2v) is 7.28. The van der Waals surface area contributed by atoms with Crippen molar-refractivity contribution in [2.24, 2.45) is 5.92 Å². The van der Waals surface area contributed by atoms with E-state index < -0.39 is 24.7 Å². The molecule has 162 valence electrons. The number of ketones is 1. The van der Waals surface area contributed by atoms with Crippen molar-refractivity contribution in [1.82, 2.24) is 15.3 Å². The minimum Gasteiger partial charge on any atom is -0.484 e. The quantitative estimate of drug-likeness (QED) is 0.695. The largest absolute Gasteiger partial charge is 0.484 e. The third-order valence-electron chi connectivity index (χ3n) is 4.24. The molecule has 0 aliphatic carbocycles. The highest BCUT2D eigenvalue weighted by Gasteiger charge is 2.28. The van der Waals surface area contributed by atoms with Gasteiger partial charge in [-0.05, 0) is 37.6 Å². The lowest BCUT2D eigenvalue weighted by Crippen LogP contribution is -2.28. The zero-order chi connectivity index (χ0) is 22.5. The summed E-state index contributed by atoms with van der Waals surface area (Å²) in [5.41, 5.74) is 1.40. The molecular weight excluding hydrogens is 399 g/mol. The van der Waals surface area contributed by atoms with Crippen LogP contribution in [0.3, 0.4) is 0 Å². The number of benzene rings is 1. The molecular formula is C21H24F3N3O3. The van der Waals surface area contributed by atoms with Gasteiger partial charge in [-0.1, -0.05) is 26.0 Å². The maximum Gasteiger partial charge on any atom is 0.422 e. The Bertz CT molecular complexity index is 897. The van der Waals surface area contributed by atoms with Crippen LogP contribution >= 0.6 is 0 Å². The number of rotatable bonds is 8. The van der Waals surface area contributed by atoms with Crippen LogP contribution < -0.4 is 10.1 Å². The summed E-state index contributed by atoms with van der Waals surface area (Å²) in [5, 5.41) is 2.78. The summed E-state index contributed by atoms with van der Waals surface area (Å²) in [6.07, 6.45) is -4.36. The van der Waals surface area contributed by atoms with E-state index >= 15 is 0 Å². The average molecular weight is 423 g/mol. The van der Waals surface area contributed by atoms with Crippen LogP contribution in [-0.4, -0.2) is 34.4 Å². The number of ether oxygens (including phenoxy) is 1. The van der Waals surface area contributed by atoms with Crippen LogP contribution in [0.15, 0.2) is 30.3 Å². The fraction of sp³-hybridized carbons (Fsp3) is 0.429. The Kier molecular flexibility index (Phi) is 7.53. The number of aryl methyl sites for hydroxylation is 1. The summed E-state index contributed by atoms with van der Waals surface area (Å²) in [6, 6.07) is 7.08. The van der Waals surface area contributed by atoms with Gasteiger partial charge in [0.25, 0.3) is 5.91 Å². The van der Waals surface area contributed by atoms with E-state index in [4.69, 9.17) is 0 Å². The molecule has 0 saturated heterocycles. The number of amides is 1. The summed E-state index contributed by atoms with van der Waals surface area (Å²) in [7, 11) is 0. The van der Waals surface area contributed by atoms with Crippen molar-refractivity contribution in [3.63, 3.8) is 0 Å². The molecule has 9 heteroatoms. The number of alkyl halides is 3. The summed E-state index contributed by atoms with van der Waals surface area (Å²) >= 11 is 0.